The normalized spacial score (nSPS) is 20.1. The highest BCUT2D eigenvalue weighted by Crippen LogP contribution is 2.59. The number of ketones is 1. The van der Waals surface area contributed by atoms with Gasteiger partial charge in [0.25, 0.3) is 0 Å². The molecule has 1 aliphatic heterocycles. The quantitative estimate of drug-likeness (QED) is 0.228. The molecule has 192 valence electrons. The van der Waals surface area contributed by atoms with Crippen molar-refractivity contribution in [2.24, 2.45) is 11.3 Å². The Morgan fingerprint density at radius 3 is 1.81 bits per heavy atom. The van der Waals surface area contributed by atoms with E-state index in [9.17, 15) is 14.4 Å². The molecule has 0 aliphatic carbocycles. The highest BCUT2D eigenvalue weighted by atomic mass is 16.6. The number of ether oxygens (including phenoxy) is 4. The number of benzene rings is 3. The van der Waals surface area contributed by atoms with Gasteiger partial charge >= 0.3 is 11.9 Å². The minimum Gasteiger partial charge on any atom is -0.497 e. The number of carbonyl (C=O) groups is 3. The van der Waals surface area contributed by atoms with Gasteiger partial charge in [-0.1, -0.05) is 72.8 Å². The largest absolute Gasteiger partial charge is 0.497 e. The highest BCUT2D eigenvalue weighted by molar-refractivity contribution is 6.10. The van der Waals surface area contributed by atoms with E-state index in [1.807, 2.05) is 30.3 Å². The smallest absolute Gasteiger partial charge is 0.327 e. The second kappa shape index (κ2) is 11.4. The Bertz CT molecular complexity index is 1200. The topological polar surface area (TPSA) is 88.1 Å². The fraction of sp³-hybridized carbons (Fsp3) is 0.300. The van der Waals surface area contributed by atoms with Gasteiger partial charge in [-0.25, -0.2) is 0 Å². The van der Waals surface area contributed by atoms with E-state index in [4.69, 9.17) is 18.9 Å². The van der Waals surface area contributed by atoms with Crippen LogP contribution in [0.1, 0.15) is 47.5 Å². The molecule has 0 unspecified atom stereocenters. The summed E-state index contributed by atoms with van der Waals surface area (Å²) in [6.45, 7) is 3.32. The maximum Gasteiger partial charge on any atom is 0.327 e. The molecular formula is C30H30O7. The summed E-state index contributed by atoms with van der Waals surface area (Å²) in [5.74, 6) is -2.78. The maximum absolute atomic E-state index is 14.2. The number of esters is 2. The summed E-state index contributed by atoms with van der Waals surface area (Å²) in [5, 5.41) is 0. The first-order valence-electron chi connectivity index (χ1n) is 12.3. The van der Waals surface area contributed by atoms with E-state index in [2.05, 4.69) is 0 Å². The van der Waals surface area contributed by atoms with Crippen molar-refractivity contribution in [1.29, 1.82) is 0 Å². The van der Waals surface area contributed by atoms with Crippen LogP contribution < -0.4 is 4.74 Å². The van der Waals surface area contributed by atoms with Crippen molar-refractivity contribution in [3.8, 4) is 5.75 Å². The number of rotatable bonds is 9. The number of hydrogen-bond donors (Lipinski definition) is 0. The molecule has 37 heavy (non-hydrogen) atoms. The Morgan fingerprint density at radius 1 is 0.757 bits per heavy atom. The molecule has 1 heterocycles. The molecule has 0 bridgehead atoms. The van der Waals surface area contributed by atoms with E-state index < -0.39 is 41.3 Å². The number of hydrogen-bond acceptors (Lipinski definition) is 7. The molecular weight excluding hydrogens is 472 g/mol. The summed E-state index contributed by atoms with van der Waals surface area (Å²) >= 11 is 0. The zero-order valence-corrected chi connectivity index (χ0v) is 21.1. The minimum absolute atomic E-state index is 0.0115. The van der Waals surface area contributed by atoms with Gasteiger partial charge in [-0.2, -0.15) is 0 Å². The van der Waals surface area contributed by atoms with Crippen molar-refractivity contribution >= 4 is 17.7 Å². The van der Waals surface area contributed by atoms with Crippen LogP contribution in [0.3, 0.4) is 0 Å². The van der Waals surface area contributed by atoms with Crippen molar-refractivity contribution in [1.82, 2.24) is 0 Å². The fourth-order valence-electron chi connectivity index (χ4n) is 4.95. The summed E-state index contributed by atoms with van der Waals surface area (Å²) < 4.78 is 22.8. The van der Waals surface area contributed by atoms with Crippen LogP contribution in [-0.2, 0) is 23.8 Å². The molecule has 0 N–H and O–H groups in total. The predicted molar refractivity (Wildman–Crippen MR) is 136 cm³/mol. The molecule has 1 fully saturated rings. The van der Waals surface area contributed by atoms with Crippen molar-refractivity contribution in [3.05, 3.63) is 102 Å². The number of methoxy groups -OCH3 is 1. The lowest BCUT2D eigenvalue weighted by atomic mass is 9.66. The molecule has 0 saturated carbocycles. The van der Waals surface area contributed by atoms with E-state index in [0.717, 1.165) is 0 Å². The van der Waals surface area contributed by atoms with Gasteiger partial charge in [0.05, 0.1) is 32.3 Å². The lowest BCUT2D eigenvalue weighted by Gasteiger charge is -2.33. The Labute approximate surface area is 216 Å². The average Bonchev–Trinajstić information content (AvgIpc) is 3.31. The molecule has 7 heteroatoms. The standard InChI is InChI=1S/C30H30O7/c1-4-35-28(32)30(29(33)36-5-2)24(25(31)20-12-8-6-9-13-20)26(21-14-10-7-11-15-21)37-27(30)22-16-18-23(34-3)19-17-22/h6-19,24,26-27H,4-5H2,1-3H3/t24-,26-,27+/m1/s1. The van der Waals surface area contributed by atoms with Crippen molar-refractivity contribution in [2.45, 2.75) is 26.1 Å². The Morgan fingerprint density at radius 2 is 1.30 bits per heavy atom. The van der Waals surface area contributed by atoms with Crippen LogP contribution in [0, 0.1) is 11.3 Å². The van der Waals surface area contributed by atoms with Gasteiger partial charge in [-0.3, -0.25) is 14.4 Å². The van der Waals surface area contributed by atoms with Crippen molar-refractivity contribution in [3.63, 3.8) is 0 Å². The third-order valence-electron chi connectivity index (χ3n) is 6.60. The van der Waals surface area contributed by atoms with Gasteiger partial charge in [-0.15, -0.1) is 0 Å². The molecule has 4 rings (SSSR count). The van der Waals surface area contributed by atoms with Crippen LogP contribution in [0.15, 0.2) is 84.9 Å². The Hall–Kier alpha value is -3.97. The summed E-state index contributed by atoms with van der Waals surface area (Å²) in [5.41, 5.74) is -0.559. The molecule has 1 saturated heterocycles. The third kappa shape index (κ3) is 4.74. The van der Waals surface area contributed by atoms with Gasteiger partial charge in [0.1, 0.15) is 11.9 Å². The first kappa shape index (κ1) is 26.1. The summed E-state index contributed by atoms with van der Waals surface area (Å²) in [6.07, 6.45) is -2.07. The lowest BCUT2D eigenvalue weighted by molar-refractivity contribution is -0.178. The van der Waals surface area contributed by atoms with E-state index in [-0.39, 0.29) is 13.2 Å². The van der Waals surface area contributed by atoms with E-state index in [0.29, 0.717) is 22.4 Å². The minimum atomic E-state index is -2.09. The lowest BCUT2D eigenvalue weighted by Crippen LogP contribution is -2.51. The summed E-state index contributed by atoms with van der Waals surface area (Å²) in [6, 6.07) is 24.5. The van der Waals surface area contributed by atoms with Gasteiger partial charge in [0, 0.05) is 5.56 Å². The summed E-state index contributed by atoms with van der Waals surface area (Å²) in [4.78, 5) is 42.1. The first-order chi connectivity index (χ1) is 18.0. The molecule has 0 amide bonds. The maximum atomic E-state index is 14.2. The van der Waals surface area contributed by atoms with E-state index >= 15 is 0 Å². The Balaban J connectivity index is 2.01. The number of Topliss-reactive ketones (excluding diaryl/α,β-unsaturated/α-hetero) is 1. The average molecular weight is 503 g/mol. The molecule has 3 aromatic carbocycles. The van der Waals surface area contributed by atoms with Gasteiger partial charge in [0.2, 0.25) is 5.41 Å². The van der Waals surface area contributed by atoms with Crippen LogP contribution in [0.4, 0.5) is 0 Å². The molecule has 0 aromatic heterocycles. The van der Waals surface area contributed by atoms with Crippen LogP contribution in [0.5, 0.6) is 5.75 Å². The highest BCUT2D eigenvalue weighted by Gasteiger charge is 2.70. The fourth-order valence-corrected chi connectivity index (χ4v) is 4.95. The molecule has 3 atom stereocenters. The molecule has 0 radical (unpaired) electrons. The zero-order chi connectivity index (χ0) is 26.4. The SMILES string of the molecule is CCOC(=O)C1(C(=O)OCC)[C@H](C(=O)c2ccccc2)[C@@H](c2ccccc2)O[C@H]1c1ccc(OC)cc1. The predicted octanol–water partition coefficient (Wildman–Crippen LogP) is 5.12. The molecule has 3 aromatic rings. The molecule has 1 aliphatic rings. The van der Waals surface area contributed by atoms with Crippen molar-refractivity contribution in [2.75, 3.05) is 20.3 Å². The first-order valence-corrected chi connectivity index (χ1v) is 12.3. The van der Waals surface area contributed by atoms with Crippen molar-refractivity contribution < 1.29 is 33.3 Å². The van der Waals surface area contributed by atoms with Gasteiger partial charge in [-0.05, 0) is 37.1 Å². The van der Waals surface area contributed by atoms with Gasteiger partial charge < -0.3 is 18.9 Å². The number of carbonyl (C=O) groups excluding carboxylic acids is 3. The second-order valence-corrected chi connectivity index (χ2v) is 8.64. The monoisotopic (exact) mass is 502 g/mol. The Kier molecular flexibility index (Phi) is 8.04. The molecule has 7 nitrogen and oxygen atoms in total. The van der Waals surface area contributed by atoms with Crippen LogP contribution in [0.2, 0.25) is 0 Å². The molecule has 0 spiro atoms. The second-order valence-electron chi connectivity index (χ2n) is 8.64. The van der Waals surface area contributed by atoms with E-state index in [1.54, 1.807) is 75.6 Å². The third-order valence-corrected chi connectivity index (χ3v) is 6.60. The zero-order valence-electron chi connectivity index (χ0n) is 21.1. The van der Waals surface area contributed by atoms with E-state index in [1.165, 1.54) is 0 Å². The summed E-state index contributed by atoms with van der Waals surface area (Å²) in [7, 11) is 1.54. The van der Waals surface area contributed by atoms with Crippen LogP contribution in [-0.4, -0.2) is 38.0 Å². The van der Waals surface area contributed by atoms with Crippen LogP contribution >= 0.6 is 0 Å². The van der Waals surface area contributed by atoms with Gasteiger partial charge in [0.15, 0.2) is 5.78 Å². The van der Waals surface area contributed by atoms with Crippen LogP contribution in [0.25, 0.3) is 0 Å².